The van der Waals surface area contributed by atoms with Gasteiger partial charge in [-0.2, -0.15) is 0 Å². The number of benzene rings is 1. The second-order valence-corrected chi connectivity index (χ2v) is 3.70. The summed E-state index contributed by atoms with van der Waals surface area (Å²) in [4.78, 5) is 3.88. The molecule has 0 aliphatic rings. The van der Waals surface area contributed by atoms with Crippen molar-refractivity contribution in [1.29, 1.82) is 0 Å². The SMILES string of the molecule is Nc1ccc(-c2c(Cl)ccnc2N)c(F)c1. The smallest absolute Gasteiger partial charge is 0.133 e. The van der Waals surface area contributed by atoms with Crippen LogP contribution in [0.15, 0.2) is 30.5 Å². The first kappa shape index (κ1) is 10.7. The van der Waals surface area contributed by atoms with E-state index in [2.05, 4.69) is 4.98 Å². The molecule has 0 saturated carbocycles. The van der Waals surface area contributed by atoms with E-state index in [1.807, 2.05) is 0 Å². The molecule has 1 heterocycles. The molecule has 1 aromatic carbocycles. The fourth-order valence-corrected chi connectivity index (χ4v) is 1.71. The Morgan fingerprint density at radius 2 is 1.94 bits per heavy atom. The number of nitrogens with two attached hydrogens (primary N) is 2. The van der Waals surface area contributed by atoms with Crippen molar-refractivity contribution in [1.82, 2.24) is 4.98 Å². The monoisotopic (exact) mass is 237 g/mol. The van der Waals surface area contributed by atoms with Crippen molar-refractivity contribution in [2.75, 3.05) is 11.5 Å². The lowest BCUT2D eigenvalue weighted by Gasteiger charge is -2.08. The standard InChI is InChI=1S/C11H9ClFN3/c12-8-3-4-16-11(15)10(8)7-2-1-6(14)5-9(7)13/h1-5H,14H2,(H2,15,16). The van der Waals surface area contributed by atoms with Gasteiger partial charge in [-0.25, -0.2) is 9.37 Å². The molecule has 0 unspecified atom stereocenters. The zero-order valence-electron chi connectivity index (χ0n) is 8.24. The van der Waals surface area contributed by atoms with Gasteiger partial charge in [-0.3, -0.25) is 0 Å². The summed E-state index contributed by atoms with van der Waals surface area (Å²) in [6, 6.07) is 5.90. The summed E-state index contributed by atoms with van der Waals surface area (Å²) in [5.74, 6) is -0.280. The van der Waals surface area contributed by atoms with Crippen molar-refractivity contribution in [3.63, 3.8) is 0 Å². The van der Waals surface area contributed by atoms with Crippen molar-refractivity contribution in [2.45, 2.75) is 0 Å². The van der Waals surface area contributed by atoms with Gasteiger partial charge in [-0.15, -0.1) is 0 Å². The number of anilines is 2. The Hall–Kier alpha value is -1.81. The van der Waals surface area contributed by atoms with Crippen LogP contribution in [-0.2, 0) is 0 Å². The maximum absolute atomic E-state index is 13.7. The molecule has 2 aromatic rings. The topological polar surface area (TPSA) is 64.9 Å². The number of nitrogens with zero attached hydrogens (tertiary/aromatic N) is 1. The summed E-state index contributed by atoms with van der Waals surface area (Å²) < 4.78 is 13.7. The molecule has 0 aliphatic heterocycles. The van der Waals surface area contributed by atoms with E-state index in [-0.39, 0.29) is 5.82 Å². The summed E-state index contributed by atoms with van der Waals surface area (Å²) in [5.41, 5.74) is 12.2. The van der Waals surface area contributed by atoms with Crippen molar-refractivity contribution in [2.24, 2.45) is 0 Å². The first-order chi connectivity index (χ1) is 7.59. The first-order valence-electron chi connectivity index (χ1n) is 4.55. The molecule has 5 heteroatoms. The minimum absolute atomic E-state index is 0.191. The van der Waals surface area contributed by atoms with Gasteiger partial charge >= 0.3 is 0 Å². The van der Waals surface area contributed by atoms with Crippen molar-refractivity contribution >= 4 is 23.1 Å². The van der Waals surface area contributed by atoms with Gasteiger partial charge in [0, 0.05) is 23.0 Å². The van der Waals surface area contributed by atoms with E-state index in [1.165, 1.54) is 18.3 Å². The van der Waals surface area contributed by atoms with Crippen LogP contribution < -0.4 is 11.5 Å². The second kappa shape index (κ2) is 3.98. The molecule has 0 aliphatic carbocycles. The van der Waals surface area contributed by atoms with Crippen LogP contribution in [-0.4, -0.2) is 4.98 Å². The highest BCUT2D eigenvalue weighted by Gasteiger charge is 2.12. The van der Waals surface area contributed by atoms with E-state index in [1.54, 1.807) is 12.1 Å². The third-order valence-corrected chi connectivity index (χ3v) is 2.51. The minimum Gasteiger partial charge on any atom is -0.399 e. The number of pyridine rings is 1. The van der Waals surface area contributed by atoms with Gasteiger partial charge < -0.3 is 11.5 Å². The first-order valence-corrected chi connectivity index (χ1v) is 4.93. The van der Waals surface area contributed by atoms with E-state index < -0.39 is 5.82 Å². The van der Waals surface area contributed by atoms with Crippen molar-refractivity contribution in [3.8, 4) is 11.1 Å². The summed E-state index contributed by atoms with van der Waals surface area (Å²) >= 11 is 5.96. The second-order valence-electron chi connectivity index (χ2n) is 3.29. The molecular formula is C11H9ClFN3. The normalized spacial score (nSPS) is 10.4. The summed E-state index contributed by atoms with van der Waals surface area (Å²) in [5, 5.41) is 0.358. The molecule has 0 amide bonds. The maximum Gasteiger partial charge on any atom is 0.133 e. The molecule has 3 nitrogen and oxygen atoms in total. The fraction of sp³-hybridized carbons (Fsp3) is 0. The van der Waals surface area contributed by atoms with Gasteiger partial charge in [-0.1, -0.05) is 11.6 Å². The van der Waals surface area contributed by atoms with Gasteiger partial charge in [0.25, 0.3) is 0 Å². The van der Waals surface area contributed by atoms with Crippen LogP contribution in [0.2, 0.25) is 5.02 Å². The highest BCUT2D eigenvalue weighted by Crippen LogP contribution is 2.33. The van der Waals surface area contributed by atoms with Crippen LogP contribution in [0.4, 0.5) is 15.9 Å². The summed E-state index contributed by atoms with van der Waals surface area (Å²) in [6.07, 6.45) is 1.47. The number of aromatic nitrogens is 1. The number of nitrogen functional groups attached to an aromatic ring is 2. The number of hydrogen-bond donors (Lipinski definition) is 2. The van der Waals surface area contributed by atoms with Gasteiger partial charge in [0.2, 0.25) is 0 Å². The predicted molar refractivity (Wildman–Crippen MR) is 63.5 cm³/mol. The van der Waals surface area contributed by atoms with E-state index >= 15 is 0 Å². The molecular weight excluding hydrogens is 229 g/mol. The lowest BCUT2D eigenvalue weighted by Crippen LogP contribution is -1.97. The van der Waals surface area contributed by atoms with E-state index in [9.17, 15) is 4.39 Å². The van der Waals surface area contributed by atoms with E-state index in [0.29, 0.717) is 21.8 Å². The molecule has 82 valence electrons. The van der Waals surface area contributed by atoms with Crippen molar-refractivity contribution in [3.05, 3.63) is 41.3 Å². The molecule has 1 aromatic heterocycles. The Labute approximate surface area is 96.9 Å². The van der Waals surface area contributed by atoms with Gasteiger partial charge in [0.15, 0.2) is 0 Å². The molecule has 2 rings (SSSR count). The highest BCUT2D eigenvalue weighted by molar-refractivity contribution is 6.33. The van der Waals surface area contributed by atoms with Gasteiger partial charge in [0.05, 0.1) is 5.02 Å². The number of halogens is 2. The van der Waals surface area contributed by atoms with Crippen LogP contribution in [0, 0.1) is 5.82 Å². The average molecular weight is 238 g/mol. The van der Waals surface area contributed by atoms with Crippen LogP contribution in [0.3, 0.4) is 0 Å². The van der Waals surface area contributed by atoms with Gasteiger partial charge in [-0.05, 0) is 24.3 Å². The van der Waals surface area contributed by atoms with Crippen LogP contribution in [0.25, 0.3) is 11.1 Å². The van der Waals surface area contributed by atoms with Crippen LogP contribution >= 0.6 is 11.6 Å². The Morgan fingerprint density at radius 3 is 2.56 bits per heavy atom. The zero-order chi connectivity index (χ0) is 11.7. The largest absolute Gasteiger partial charge is 0.399 e. The molecule has 0 radical (unpaired) electrons. The molecule has 0 bridgehead atoms. The molecule has 0 fully saturated rings. The quantitative estimate of drug-likeness (QED) is 0.750. The van der Waals surface area contributed by atoms with Gasteiger partial charge in [0.1, 0.15) is 11.6 Å². The van der Waals surface area contributed by atoms with Crippen molar-refractivity contribution < 1.29 is 4.39 Å². The Balaban J connectivity index is 2.68. The number of rotatable bonds is 1. The minimum atomic E-state index is -0.471. The molecule has 4 N–H and O–H groups in total. The molecule has 16 heavy (non-hydrogen) atoms. The lowest BCUT2D eigenvalue weighted by atomic mass is 10.1. The van der Waals surface area contributed by atoms with E-state index in [4.69, 9.17) is 23.1 Å². The maximum atomic E-state index is 13.7. The van der Waals surface area contributed by atoms with Crippen LogP contribution in [0.5, 0.6) is 0 Å². The third-order valence-electron chi connectivity index (χ3n) is 2.19. The third kappa shape index (κ3) is 1.79. The number of hydrogen-bond acceptors (Lipinski definition) is 3. The predicted octanol–water partition coefficient (Wildman–Crippen LogP) is 2.71. The fourth-order valence-electron chi connectivity index (χ4n) is 1.45. The zero-order valence-corrected chi connectivity index (χ0v) is 9.00. The lowest BCUT2D eigenvalue weighted by molar-refractivity contribution is 0.632. The average Bonchev–Trinajstić information content (AvgIpc) is 2.20. The molecule has 0 spiro atoms. The summed E-state index contributed by atoms with van der Waals surface area (Å²) in [6.45, 7) is 0. The highest BCUT2D eigenvalue weighted by atomic mass is 35.5. The summed E-state index contributed by atoms with van der Waals surface area (Å²) in [7, 11) is 0. The molecule has 0 atom stereocenters. The van der Waals surface area contributed by atoms with Crippen LogP contribution in [0.1, 0.15) is 0 Å². The Morgan fingerprint density at radius 1 is 1.19 bits per heavy atom. The Bertz CT molecular complexity index is 522. The Kier molecular flexibility index (Phi) is 2.66. The molecule has 0 saturated heterocycles. The van der Waals surface area contributed by atoms with E-state index in [0.717, 1.165) is 0 Å².